The first-order valence-corrected chi connectivity index (χ1v) is 5.99. The van der Waals surface area contributed by atoms with Crippen LogP contribution >= 0.6 is 0 Å². The molecule has 1 aromatic rings. The van der Waals surface area contributed by atoms with E-state index in [1.165, 1.54) is 0 Å². The molecule has 100 valence electrons. The number of carboxylic acids is 1. The summed E-state index contributed by atoms with van der Waals surface area (Å²) in [6.45, 7) is 9.77. The Morgan fingerprint density at radius 2 is 1.83 bits per heavy atom. The van der Waals surface area contributed by atoms with Crippen LogP contribution in [0.15, 0.2) is 6.07 Å². The number of hydrogen-bond donors (Lipinski definition) is 2. The van der Waals surface area contributed by atoms with Crippen molar-refractivity contribution in [2.45, 2.75) is 47.1 Å². The van der Waals surface area contributed by atoms with Crippen molar-refractivity contribution in [3.8, 4) is 0 Å². The molecule has 0 aliphatic rings. The van der Waals surface area contributed by atoms with Crippen LogP contribution in [0.5, 0.6) is 0 Å². The second-order valence-electron chi connectivity index (χ2n) is 5.64. The first kappa shape index (κ1) is 14.4. The molecule has 5 heteroatoms. The highest BCUT2D eigenvalue weighted by atomic mass is 16.4. The van der Waals surface area contributed by atoms with Crippen molar-refractivity contribution in [3.63, 3.8) is 0 Å². The van der Waals surface area contributed by atoms with Crippen LogP contribution < -0.4 is 5.32 Å². The van der Waals surface area contributed by atoms with Crippen LogP contribution in [0.2, 0.25) is 0 Å². The maximum atomic E-state index is 10.9. The van der Waals surface area contributed by atoms with Gasteiger partial charge in [-0.05, 0) is 25.3 Å². The summed E-state index contributed by atoms with van der Waals surface area (Å²) in [6, 6.07) is 1.67. The molecule has 5 nitrogen and oxygen atoms in total. The predicted octanol–water partition coefficient (Wildman–Crippen LogP) is 2.39. The highest BCUT2D eigenvalue weighted by Crippen LogP contribution is 2.24. The van der Waals surface area contributed by atoms with Gasteiger partial charge in [0.2, 0.25) is 5.95 Å². The maximum absolute atomic E-state index is 10.9. The van der Waals surface area contributed by atoms with Crippen LogP contribution in [0, 0.1) is 19.3 Å². The zero-order valence-electron chi connectivity index (χ0n) is 11.6. The first-order chi connectivity index (χ1) is 8.18. The number of carboxylic acid groups (broad SMARTS) is 1. The Morgan fingerprint density at radius 3 is 2.22 bits per heavy atom. The summed E-state index contributed by atoms with van der Waals surface area (Å²) in [7, 11) is 0. The Bertz CT molecular complexity index is 418. The van der Waals surface area contributed by atoms with Gasteiger partial charge in [0.15, 0.2) is 0 Å². The second kappa shape index (κ2) is 5.33. The third-order valence-corrected chi connectivity index (χ3v) is 2.71. The number of carbonyl (C=O) groups is 1. The molecule has 0 aliphatic heterocycles. The van der Waals surface area contributed by atoms with E-state index < -0.39 is 5.97 Å². The van der Waals surface area contributed by atoms with E-state index in [1.54, 1.807) is 0 Å². The lowest BCUT2D eigenvalue weighted by Gasteiger charge is -2.30. The molecule has 0 fully saturated rings. The largest absolute Gasteiger partial charge is 0.481 e. The van der Waals surface area contributed by atoms with Gasteiger partial charge in [0.1, 0.15) is 0 Å². The molecule has 1 heterocycles. The zero-order valence-corrected chi connectivity index (χ0v) is 11.6. The molecule has 1 atom stereocenters. The van der Waals surface area contributed by atoms with Crippen LogP contribution in [0.4, 0.5) is 5.95 Å². The van der Waals surface area contributed by atoms with Gasteiger partial charge in [0.25, 0.3) is 0 Å². The van der Waals surface area contributed by atoms with Crippen LogP contribution in [-0.4, -0.2) is 27.1 Å². The molecule has 2 N–H and O–H groups in total. The Labute approximate surface area is 108 Å². The fourth-order valence-electron chi connectivity index (χ4n) is 1.69. The molecule has 1 rings (SSSR count). The summed E-state index contributed by atoms with van der Waals surface area (Å²) in [5.74, 6) is -0.333. The fourth-order valence-corrected chi connectivity index (χ4v) is 1.69. The quantitative estimate of drug-likeness (QED) is 0.859. The highest BCUT2D eigenvalue weighted by molar-refractivity contribution is 5.68. The third kappa shape index (κ3) is 4.31. The maximum Gasteiger partial charge on any atom is 0.305 e. The Kier molecular flexibility index (Phi) is 4.27. The van der Waals surface area contributed by atoms with Gasteiger partial charge in [-0.25, -0.2) is 9.97 Å². The molecule has 0 amide bonds. The van der Waals surface area contributed by atoms with E-state index in [0.29, 0.717) is 5.95 Å². The summed E-state index contributed by atoms with van der Waals surface area (Å²) in [5.41, 5.74) is 1.56. The normalized spacial score (nSPS) is 13.2. The molecular formula is C13H21N3O2. The van der Waals surface area contributed by atoms with Gasteiger partial charge in [0, 0.05) is 17.4 Å². The van der Waals surface area contributed by atoms with E-state index in [-0.39, 0.29) is 17.9 Å². The van der Waals surface area contributed by atoms with Gasteiger partial charge in [-0.1, -0.05) is 20.8 Å². The van der Waals surface area contributed by atoms with Crippen molar-refractivity contribution in [3.05, 3.63) is 17.5 Å². The number of nitrogens with one attached hydrogen (secondary N) is 1. The number of aromatic nitrogens is 2. The number of aliphatic carboxylic acids is 1. The molecule has 0 saturated carbocycles. The smallest absolute Gasteiger partial charge is 0.305 e. The molecule has 0 saturated heterocycles. The van der Waals surface area contributed by atoms with Gasteiger partial charge in [0.05, 0.1) is 6.42 Å². The highest BCUT2D eigenvalue weighted by Gasteiger charge is 2.27. The van der Waals surface area contributed by atoms with Crippen LogP contribution in [0.1, 0.15) is 38.6 Å². The molecule has 0 aliphatic carbocycles. The number of aryl methyl sites for hydroxylation is 2. The number of anilines is 1. The molecule has 0 radical (unpaired) electrons. The van der Waals surface area contributed by atoms with Crippen molar-refractivity contribution >= 4 is 11.9 Å². The van der Waals surface area contributed by atoms with Crippen molar-refractivity contribution < 1.29 is 9.90 Å². The lowest BCUT2D eigenvalue weighted by Crippen LogP contribution is -2.36. The van der Waals surface area contributed by atoms with E-state index in [4.69, 9.17) is 5.11 Å². The Hall–Kier alpha value is -1.65. The second-order valence-corrected chi connectivity index (χ2v) is 5.64. The van der Waals surface area contributed by atoms with Gasteiger partial charge < -0.3 is 10.4 Å². The molecule has 1 unspecified atom stereocenters. The lowest BCUT2D eigenvalue weighted by molar-refractivity contribution is -0.137. The van der Waals surface area contributed by atoms with E-state index in [2.05, 4.69) is 15.3 Å². The van der Waals surface area contributed by atoms with Crippen LogP contribution in [-0.2, 0) is 4.79 Å². The van der Waals surface area contributed by atoms with Crippen molar-refractivity contribution in [1.82, 2.24) is 9.97 Å². The molecule has 1 aromatic heterocycles. The average Bonchev–Trinajstić information content (AvgIpc) is 2.12. The number of rotatable bonds is 4. The third-order valence-electron chi connectivity index (χ3n) is 2.71. The molecule has 18 heavy (non-hydrogen) atoms. The zero-order chi connectivity index (χ0) is 13.9. The van der Waals surface area contributed by atoms with Crippen molar-refractivity contribution in [2.24, 2.45) is 5.41 Å². The molecule has 0 spiro atoms. The summed E-state index contributed by atoms with van der Waals surface area (Å²) in [6.07, 6.45) is 0.0415. The monoisotopic (exact) mass is 251 g/mol. The van der Waals surface area contributed by atoms with Gasteiger partial charge in [-0.15, -0.1) is 0 Å². The minimum absolute atomic E-state index is 0.0415. The topological polar surface area (TPSA) is 75.1 Å². The molecule has 0 bridgehead atoms. The van der Waals surface area contributed by atoms with E-state index >= 15 is 0 Å². The fraction of sp³-hybridized carbons (Fsp3) is 0.615. The van der Waals surface area contributed by atoms with Gasteiger partial charge in [-0.2, -0.15) is 0 Å². The predicted molar refractivity (Wildman–Crippen MR) is 70.6 cm³/mol. The minimum Gasteiger partial charge on any atom is -0.481 e. The van der Waals surface area contributed by atoms with Crippen molar-refractivity contribution in [1.29, 1.82) is 0 Å². The SMILES string of the molecule is Cc1cc(C)nc(NC(CC(=O)O)C(C)(C)C)n1. The summed E-state index contributed by atoms with van der Waals surface area (Å²) >= 11 is 0. The molecule has 0 aromatic carbocycles. The molecular weight excluding hydrogens is 230 g/mol. The van der Waals surface area contributed by atoms with Gasteiger partial charge >= 0.3 is 5.97 Å². The Balaban J connectivity index is 2.92. The van der Waals surface area contributed by atoms with E-state index in [9.17, 15) is 4.79 Å². The summed E-state index contributed by atoms with van der Waals surface area (Å²) in [4.78, 5) is 19.5. The van der Waals surface area contributed by atoms with Crippen LogP contribution in [0.3, 0.4) is 0 Å². The van der Waals surface area contributed by atoms with Gasteiger partial charge in [-0.3, -0.25) is 4.79 Å². The standard InChI is InChI=1S/C13H21N3O2/c1-8-6-9(2)15-12(14-8)16-10(7-11(17)18)13(3,4)5/h6,10H,7H2,1-5H3,(H,17,18)(H,14,15,16). The van der Waals surface area contributed by atoms with E-state index in [1.807, 2.05) is 40.7 Å². The lowest BCUT2D eigenvalue weighted by atomic mass is 9.85. The first-order valence-electron chi connectivity index (χ1n) is 5.99. The number of nitrogens with zero attached hydrogens (tertiary/aromatic N) is 2. The Morgan fingerprint density at radius 1 is 1.33 bits per heavy atom. The van der Waals surface area contributed by atoms with Crippen molar-refractivity contribution in [2.75, 3.05) is 5.32 Å². The minimum atomic E-state index is -0.827. The summed E-state index contributed by atoms with van der Waals surface area (Å²) in [5, 5.41) is 12.1. The number of hydrogen-bond acceptors (Lipinski definition) is 4. The van der Waals surface area contributed by atoms with E-state index in [0.717, 1.165) is 11.4 Å². The summed E-state index contributed by atoms with van der Waals surface area (Å²) < 4.78 is 0. The van der Waals surface area contributed by atoms with Crippen LogP contribution in [0.25, 0.3) is 0 Å². The average molecular weight is 251 g/mol.